The van der Waals surface area contributed by atoms with Gasteiger partial charge >= 0.3 is 0 Å². The first kappa shape index (κ1) is 14.6. The Morgan fingerprint density at radius 3 is 2.85 bits per heavy atom. The summed E-state index contributed by atoms with van der Waals surface area (Å²) in [6.45, 7) is 8.41. The zero-order valence-electron chi connectivity index (χ0n) is 12.8. The van der Waals surface area contributed by atoms with E-state index in [2.05, 4.69) is 58.0 Å². The molecular formula is C14H24N6. The summed E-state index contributed by atoms with van der Waals surface area (Å²) in [5.74, 6) is 2.18. The van der Waals surface area contributed by atoms with Crippen LogP contribution in [0.4, 0.5) is 11.8 Å². The smallest absolute Gasteiger partial charge is 0.226 e. The summed E-state index contributed by atoms with van der Waals surface area (Å²) in [5, 5.41) is 3.24. The molecule has 0 spiro atoms. The van der Waals surface area contributed by atoms with E-state index in [4.69, 9.17) is 0 Å². The Hall–Kier alpha value is -1.85. The average Bonchev–Trinajstić information content (AvgIpc) is 2.92. The molecule has 20 heavy (non-hydrogen) atoms. The molecule has 0 aliphatic carbocycles. The number of anilines is 2. The number of aromatic nitrogens is 4. The van der Waals surface area contributed by atoms with Crippen LogP contribution in [0.25, 0.3) is 11.2 Å². The van der Waals surface area contributed by atoms with Gasteiger partial charge in [0.2, 0.25) is 5.95 Å². The number of fused-ring (bicyclic) bond motifs is 1. The van der Waals surface area contributed by atoms with Crippen molar-refractivity contribution in [3.05, 3.63) is 6.33 Å². The van der Waals surface area contributed by atoms with Crippen molar-refractivity contribution >= 4 is 22.9 Å². The molecule has 2 N–H and O–H groups in total. The monoisotopic (exact) mass is 276 g/mol. The van der Waals surface area contributed by atoms with E-state index < -0.39 is 0 Å². The number of H-pyrrole nitrogens is 1. The maximum atomic E-state index is 4.63. The lowest BCUT2D eigenvalue weighted by atomic mass is 10.1. The minimum Gasteiger partial charge on any atom is -0.357 e. The van der Waals surface area contributed by atoms with Crippen LogP contribution in [-0.4, -0.2) is 40.1 Å². The number of nitrogens with zero attached hydrogens (tertiary/aromatic N) is 4. The highest BCUT2D eigenvalue weighted by Crippen LogP contribution is 2.22. The molecule has 6 heteroatoms. The van der Waals surface area contributed by atoms with Crippen LogP contribution < -0.4 is 10.2 Å². The predicted octanol–water partition coefficient (Wildman–Crippen LogP) is 2.66. The van der Waals surface area contributed by atoms with Gasteiger partial charge in [-0.25, -0.2) is 4.98 Å². The summed E-state index contributed by atoms with van der Waals surface area (Å²) in [4.78, 5) is 18.6. The number of nitrogens with one attached hydrogen (secondary N) is 2. The normalized spacial score (nSPS) is 12.6. The first-order valence-corrected chi connectivity index (χ1v) is 7.31. The van der Waals surface area contributed by atoms with E-state index in [1.54, 1.807) is 6.33 Å². The van der Waals surface area contributed by atoms with Crippen LogP contribution in [0.2, 0.25) is 0 Å². The molecule has 2 aromatic heterocycles. The molecule has 0 aliphatic heterocycles. The number of imidazole rings is 1. The van der Waals surface area contributed by atoms with Crippen molar-refractivity contribution in [2.24, 2.45) is 5.92 Å². The van der Waals surface area contributed by atoms with Crippen LogP contribution in [-0.2, 0) is 0 Å². The average molecular weight is 276 g/mol. The quantitative estimate of drug-likeness (QED) is 0.813. The zero-order chi connectivity index (χ0) is 14.5. The first-order valence-electron chi connectivity index (χ1n) is 7.31. The second-order valence-corrected chi connectivity index (χ2v) is 5.29. The van der Waals surface area contributed by atoms with Gasteiger partial charge in [-0.3, -0.25) is 0 Å². The van der Waals surface area contributed by atoms with Crippen molar-refractivity contribution in [2.45, 2.75) is 33.6 Å². The van der Waals surface area contributed by atoms with Crippen LogP contribution in [0.15, 0.2) is 6.33 Å². The van der Waals surface area contributed by atoms with Gasteiger partial charge in [0.25, 0.3) is 0 Å². The fourth-order valence-corrected chi connectivity index (χ4v) is 2.09. The molecule has 2 rings (SSSR count). The van der Waals surface area contributed by atoms with Gasteiger partial charge in [0.15, 0.2) is 11.5 Å². The fraction of sp³-hybridized carbons (Fsp3) is 0.643. The Labute approximate surface area is 120 Å². The molecule has 0 fully saturated rings. The van der Waals surface area contributed by atoms with Crippen molar-refractivity contribution in [3.63, 3.8) is 0 Å². The largest absolute Gasteiger partial charge is 0.357 e. The Balaban J connectivity index is 2.31. The van der Waals surface area contributed by atoms with Gasteiger partial charge < -0.3 is 15.2 Å². The lowest BCUT2D eigenvalue weighted by Gasteiger charge is -2.22. The lowest BCUT2D eigenvalue weighted by Crippen LogP contribution is -2.25. The second kappa shape index (κ2) is 6.54. The Morgan fingerprint density at radius 1 is 1.35 bits per heavy atom. The molecular weight excluding hydrogens is 252 g/mol. The van der Waals surface area contributed by atoms with Crippen molar-refractivity contribution in [1.29, 1.82) is 0 Å². The molecule has 2 heterocycles. The van der Waals surface area contributed by atoms with Gasteiger partial charge in [0.05, 0.1) is 6.33 Å². The maximum Gasteiger partial charge on any atom is 0.226 e. The molecule has 0 saturated carbocycles. The summed E-state index contributed by atoms with van der Waals surface area (Å²) in [5.41, 5.74) is 1.61. The van der Waals surface area contributed by atoms with E-state index in [1.165, 1.54) is 0 Å². The van der Waals surface area contributed by atoms with Crippen LogP contribution in [0.1, 0.15) is 33.6 Å². The molecule has 1 atom stereocenters. The fourth-order valence-electron chi connectivity index (χ4n) is 2.09. The minimum absolute atomic E-state index is 0.625. The SMILES string of the molecule is CCCNc1nc(N(C)CC(C)CC)c2[nH]cnc2n1. The third-order valence-electron chi connectivity index (χ3n) is 3.44. The van der Waals surface area contributed by atoms with Gasteiger partial charge in [-0.1, -0.05) is 27.2 Å². The molecule has 1 unspecified atom stereocenters. The molecule has 0 aliphatic rings. The molecule has 110 valence electrons. The van der Waals surface area contributed by atoms with E-state index in [1.807, 2.05) is 0 Å². The van der Waals surface area contributed by atoms with Crippen molar-refractivity contribution < 1.29 is 0 Å². The van der Waals surface area contributed by atoms with Gasteiger partial charge in [-0.2, -0.15) is 9.97 Å². The molecule has 2 aromatic rings. The van der Waals surface area contributed by atoms with E-state index in [0.717, 1.165) is 37.3 Å². The molecule has 0 radical (unpaired) electrons. The minimum atomic E-state index is 0.625. The van der Waals surface area contributed by atoms with Gasteiger partial charge in [-0.05, 0) is 12.3 Å². The van der Waals surface area contributed by atoms with Crippen LogP contribution in [0.5, 0.6) is 0 Å². The van der Waals surface area contributed by atoms with Gasteiger partial charge in [-0.15, -0.1) is 0 Å². The van der Waals surface area contributed by atoms with Crippen LogP contribution in [0.3, 0.4) is 0 Å². The Bertz CT molecular complexity index is 550. The van der Waals surface area contributed by atoms with E-state index in [-0.39, 0.29) is 0 Å². The standard InChI is InChI=1S/C14H24N6/c1-5-7-15-14-18-12-11(16-9-17-12)13(19-14)20(4)8-10(3)6-2/h9-10H,5-8H2,1-4H3,(H2,15,16,17,18,19). The topological polar surface area (TPSA) is 69.7 Å². The van der Waals surface area contributed by atoms with E-state index in [0.29, 0.717) is 17.5 Å². The highest BCUT2D eigenvalue weighted by atomic mass is 15.2. The molecule has 0 saturated heterocycles. The predicted molar refractivity (Wildman–Crippen MR) is 83.2 cm³/mol. The highest BCUT2D eigenvalue weighted by Gasteiger charge is 2.15. The van der Waals surface area contributed by atoms with Gasteiger partial charge in [0, 0.05) is 20.1 Å². The van der Waals surface area contributed by atoms with Crippen molar-refractivity contribution in [3.8, 4) is 0 Å². The summed E-state index contributed by atoms with van der Waals surface area (Å²) in [6.07, 6.45) is 3.87. The number of hydrogen-bond donors (Lipinski definition) is 2. The summed E-state index contributed by atoms with van der Waals surface area (Å²) in [7, 11) is 2.07. The van der Waals surface area contributed by atoms with Crippen LogP contribution >= 0.6 is 0 Å². The van der Waals surface area contributed by atoms with Crippen molar-refractivity contribution in [1.82, 2.24) is 19.9 Å². The van der Waals surface area contributed by atoms with Crippen LogP contribution in [0, 0.1) is 5.92 Å². The molecule has 6 nitrogen and oxygen atoms in total. The van der Waals surface area contributed by atoms with Crippen molar-refractivity contribution in [2.75, 3.05) is 30.4 Å². The molecule has 0 amide bonds. The molecule has 0 aromatic carbocycles. The lowest BCUT2D eigenvalue weighted by molar-refractivity contribution is 0.558. The summed E-state index contributed by atoms with van der Waals surface area (Å²) < 4.78 is 0. The van der Waals surface area contributed by atoms with Gasteiger partial charge in [0.1, 0.15) is 5.52 Å². The summed E-state index contributed by atoms with van der Waals surface area (Å²) >= 11 is 0. The Morgan fingerprint density at radius 2 is 2.15 bits per heavy atom. The number of rotatable bonds is 7. The van der Waals surface area contributed by atoms with E-state index in [9.17, 15) is 0 Å². The maximum absolute atomic E-state index is 4.63. The highest BCUT2D eigenvalue weighted by molar-refractivity contribution is 5.84. The summed E-state index contributed by atoms with van der Waals surface area (Å²) in [6, 6.07) is 0. The van der Waals surface area contributed by atoms with E-state index >= 15 is 0 Å². The first-order chi connectivity index (χ1) is 9.65. The third-order valence-corrected chi connectivity index (χ3v) is 3.44. The third kappa shape index (κ3) is 3.18. The number of aromatic amines is 1. The molecule has 0 bridgehead atoms. The zero-order valence-corrected chi connectivity index (χ0v) is 12.8. The second-order valence-electron chi connectivity index (χ2n) is 5.29. The number of hydrogen-bond acceptors (Lipinski definition) is 5. The Kier molecular flexibility index (Phi) is 4.76.